The van der Waals surface area contributed by atoms with Gasteiger partial charge in [-0.2, -0.15) is 0 Å². The molecule has 18 heavy (non-hydrogen) atoms. The van der Waals surface area contributed by atoms with E-state index in [4.69, 9.17) is 5.84 Å². The second kappa shape index (κ2) is 5.32. The molecule has 1 heterocycles. The van der Waals surface area contributed by atoms with Crippen molar-refractivity contribution >= 4 is 33.1 Å². The van der Waals surface area contributed by atoms with Gasteiger partial charge in [0.1, 0.15) is 11.6 Å². The van der Waals surface area contributed by atoms with E-state index >= 15 is 0 Å². The zero-order valence-corrected chi connectivity index (χ0v) is 11.3. The minimum absolute atomic E-state index is 0.280. The first kappa shape index (κ1) is 12.8. The maximum atomic E-state index is 13.3. The van der Waals surface area contributed by atoms with Gasteiger partial charge in [0, 0.05) is 23.6 Å². The summed E-state index contributed by atoms with van der Waals surface area (Å²) < 4.78 is 13.7. The molecule has 1 aromatic heterocycles. The average molecular weight is 311 g/mol. The van der Waals surface area contributed by atoms with Crippen LogP contribution < -0.4 is 16.6 Å². The number of anilines is 3. The van der Waals surface area contributed by atoms with Gasteiger partial charge >= 0.3 is 0 Å². The summed E-state index contributed by atoms with van der Waals surface area (Å²) in [6, 6.07) is 6.73. The van der Waals surface area contributed by atoms with Gasteiger partial charge in [-0.15, -0.1) is 0 Å². The number of nitrogens with one attached hydrogen (secondary N) is 2. The van der Waals surface area contributed by atoms with Crippen LogP contribution in [0.4, 0.5) is 21.6 Å². The molecule has 4 nitrogen and oxygen atoms in total. The molecule has 0 atom stereocenters. The summed E-state index contributed by atoms with van der Waals surface area (Å²) in [7, 11) is 0. The summed E-state index contributed by atoms with van der Waals surface area (Å²) in [5, 5.41) is 3.18. The first-order valence-electron chi connectivity index (χ1n) is 5.25. The van der Waals surface area contributed by atoms with Gasteiger partial charge in [0.2, 0.25) is 0 Å². The molecule has 0 aliphatic carbocycles. The lowest BCUT2D eigenvalue weighted by Crippen LogP contribution is -2.08. The number of aromatic nitrogens is 1. The summed E-state index contributed by atoms with van der Waals surface area (Å²) in [4.78, 5) is 4.01. The van der Waals surface area contributed by atoms with E-state index < -0.39 is 0 Å². The van der Waals surface area contributed by atoms with Crippen LogP contribution in [0.15, 0.2) is 34.9 Å². The van der Waals surface area contributed by atoms with Gasteiger partial charge in [0.05, 0.1) is 4.47 Å². The third-order valence-corrected chi connectivity index (χ3v) is 3.06. The Morgan fingerprint density at radius 3 is 2.83 bits per heavy atom. The molecule has 2 rings (SSSR count). The highest BCUT2D eigenvalue weighted by molar-refractivity contribution is 9.10. The van der Waals surface area contributed by atoms with Crippen molar-refractivity contribution in [1.29, 1.82) is 0 Å². The van der Waals surface area contributed by atoms with Crippen molar-refractivity contribution < 1.29 is 4.39 Å². The molecule has 0 radical (unpaired) electrons. The monoisotopic (exact) mass is 310 g/mol. The third kappa shape index (κ3) is 2.77. The Labute approximate surface area is 113 Å². The van der Waals surface area contributed by atoms with Crippen LogP contribution in [0.5, 0.6) is 0 Å². The van der Waals surface area contributed by atoms with Crippen molar-refractivity contribution in [3.63, 3.8) is 0 Å². The molecular formula is C12H12BrFN4. The third-order valence-electron chi connectivity index (χ3n) is 2.45. The normalized spacial score (nSPS) is 10.2. The van der Waals surface area contributed by atoms with Crippen LogP contribution >= 0.6 is 15.9 Å². The SMILES string of the molecule is Cc1cc(F)c(Br)cc1Nc1ccnc(NN)c1. The van der Waals surface area contributed by atoms with Gasteiger partial charge in [0.25, 0.3) is 0 Å². The van der Waals surface area contributed by atoms with Crippen LogP contribution in [0.25, 0.3) is 0 Å². The number of nitrogen functional groups attached to an aromatic ring is 1. The zero-order valence-electron chi connectivity index (χ0n) is 9.67. The fourth-order valence-electron chi connectivity index (χ4n) is 1.52. The van der Waals surface area contributed by atoms with Gasteiger partial charge in [0.15, 0.2) is 0 Å². The summed E-state index contributed by atoms with van der Waals surface area (Å²) >= 11 is 3.16. The number of nitrogens with two attached hydrogens (primary N) is 1. The Morgan fingerprint density at radius 1 is 1.33 bits per heavy atom. The van der Waals surface area contributed by atoms with E-state index in [2.05, 4.69) is 31.7 Å². The molecule has 6 heteroatoms. The number of pyridine rings is 1. The van der Waals surface area contributed by atoms with Crippen LogP contribution in [0.1, 0.15) is 5.56 Å². The first-order chi connectivity index (χ1) is 8.60. The highest BCUT2D eigenvalue weighted by atomic mass is 79.9. The van der Waals surface area contributed by atoms with Crippen molar-refractivity contribution in [3.8, 4) is 0 Å². The molecule has 0 aliphatic heterocycles. The Bertz CT molecular complexity index is 574. The van der Waals surface area contributed by atoms with Gasteiger partial charge in [-0.3, -0.25) is 0 Å². The number of hydrogen-bond donors (Lipinski definition) is 3. The standard InChI is InChI=1S/C12H12BrFN4/c1-7-4-10(14)9(13)6-11(7)17-8-2-3-16-12(5-8)18-15/h2-6H,15H2,1H3,(H2,16,17,18). The summed E-state index contributed by atoms with van der Waals surface area (Å²) in [5.74, 6) is 5.56. The minimum atomic E-state index is -0.280. The topological polar surface area (TPSA) is 63.0 Å². The van der Waals surface area contributed by atoms with Gasteiger partial charge in [-0.1, -0.05) is 0 Å². The molecule has 0 spiro atoms. The van der Waals surface area contributed by atoms with Crippen molar-refractivity contribution in [3.05, 3.63) is 46.3 Å². The Balaban J connectivity index is 2.30. The lowest BCUT2D eigenvalue weighted by molar-refractivity contribution is 0.620. The van der Waals surface area contributed by atoms with Crippen LogP contribution in [-0.4, -0.2) is 4.98 Å². The van der Waals surface area contributed by atoms with Gasteiger partial charge in [-0.25, -0.2) is 15.2 Å². The Hall–Kier alpha value is -1.66. The number of rotatable bonds is 3. The number of halogens is 2. The number of aryl methyl sites for hydroxylation is 1. The van der Waals surface area contributed by atoms with Gasteiger partial charge in [-0.05, 0) is 46.6 Å². The maximum Gasteiger partial charge on any atom is 0.141 e. The summed E-state index contributed by atoms with van der Waals surface area (Å²) in [5.41, 5.74) is 4.92. The van der Waals surface area contributed by atoms with Crippen LogP contribution in [-0.2, 0) is 0 Å². The zero-order chi connectivity index (χ0) is 13.1. The number of benzene rings is 1. The predicted molar refractivity (Wildman–Crippen MR) is 74.2 cm³/mol. The number of nitrogens with zero attached hydrogens (tertiary/aromatic N) is 1. The summed E-state index contributed by atoms with van der Waals surface area (Å²) in [6.45, 7) is 1.83. The molecule has 1 aromatic carbocycles. The second-order valence-electron chi connectivity index (χ2n) is 3.78. The lowest BCUT2D eigenvalue weighted by Gasteiger charge is -2.11. The first-order valence-corrected chi connectivity index (χ1v) is 6.05. The van der Waals surface area contributed by atoms with Gasteiger partial charge < -0.3 is 10.7 Å². The number of hydrogen-bond acceptors (Lipinski definition) is 4. The Morgan fingerprint density at radius 2 is 2.11 bits per heavy atom. The Kier molecular flexibility index (Phi) is 3.78. The van der Waals surface area contributed by atoms with E-state index in [0.29, 0.717) is 10.3 Å². The fraction of sp³-hybridized carbons (Fsp3) is 0.0833. The fourth-order valence-corrected chi connectivity index (χ4v) is 1.87. The smallest absolute Gasteiger partial charge is 0.141 e. The molecule has 0 fully saturated rings. The quantitative estimate of drug-likeness (QED) is 0.601. The van der Waals surface area contributed by atoms with Crippen LogP contribution in [0.3, 0.4) is 0 Å². The molecule has 4 N–H and O–H groups in total. The van der Waals surface area contributed by atoms with Crippen LogP contribution in [0.2, 0.25) is 0 Å². The van der Waals surface area contributed by atoms with E-state index in [1.807, 2.05) is 6.92 Å². The van der Waals surface area contributed by atoms with E-state index in [0.717, 1.165) is 16.9 Å². The van der Waals surface area contributed by atoms with Crippen molar-refractivity contribution in [2.75, 3.05) is 10.7 Å². The van der Waals surface area contributed by atoms with Crippen molar-refractivity contribution in [1.82, 2.24) is 4.98 Å². The molecule has 2 aromatic rings. The van der Waals surface area contributed by atoms with E-state index in [9.17, 15) is 4.39 Å². The van der Waals surface area contributed by atoms with Crippen molar-refractivity contribution in [2.45, 2.75) is 6.92 Å². The molecular weight excluding hydrogens is 299 g/mol. The minimum Gasteiger partial charge on any atom is -0.355 e. The summed E-state index contributed by atoms with van der Waals surface area (Å²) in [6.07, 6.45) is 1.63. The lowest BCUT2D eigenvalue weighted by atomic mass is 10.2. The highest BCUT2D eigenvalue weighted by Gasteiger charge is 2.05. The molecule has 0 saturated carbocycles. The molecule has 0 amide bonds. The predicted octanol–water partition coefficient (Wildman–Crippen LogP) is 3.32. The van der Waals surface area contributed by atoms with E-state index in [1.165, 1.54) is 6.07 Å². The largest absolute Gasteiger partial charge is 0.355 e. The second-order valence-corrected chi connectivity index (χ2v) is 4.63. The van der Waals surface area contributed by atoms with Crippen molar-refractivity contribution in [2.24, 2.45) is 5.84 Å². The average Bonchev–Trinajstić information content (AvgIpc) is 2.36. The molecule has 0 unspecified atom stereocenters. The highest BCUT2D eigenvalue weighted by Crippen LogP contribution is 2.27. The van der Waals surface area contributed by atoms with Crippen LogP contribution in [0, 0.1) is 12.7 Å². The van der Waals surface area contributed by atoms with E-state index in [-0.39, 0.29) is 5.82 Å². The molecule has 0 saturated heterocycles. The molecule has 94 valence electrons. The molecule has 0 bridgehead atoms. The molecule has 0 aliphatic rings. The number of hydrazine groups is 1. The maximum absolute atomic E-state index is 13.3. The van der Waals surface area contributed by atoms with E-state index in [1.54, 1.807) is 24.4 Å².